The lowest BCUT2D eigenvalue weighted by molar-refractivity contribution is -0.687. The van der Waals surface area contributed by atoms with Crippen molar-refractivity contribution >= 4 is 0 Å². The smallest absolute Gasteiger partial charge is 0.237 e. The molecule has 2 aromatic rings. The maximum atomic E-state index is 2.26. The van der Waals surface area contributed by atoms with E-state index < -0.39 is 0 Å². The van der Waals surface area contributed by atoms with Gasteiger partial charge in [-0.1, -0.05) is 43.7 Å². The second-order valence-electron chi connectivity index (χ2n) is 4.16. The lowest BCUT2D eigenvalue weighted by Crippen LogP contribution is -2.31. The van der Waals surface area contributed by atoms with Crippen LogP contribution in [0.25, 0.3) is 0 Å². The molecule has 2 nitrogen and oxygen atoms in total. The molecule has 0 N–H and O–H groups in total. The highest BCUT2D eigenvalue weighted by Gasteiger charge is 2.03. The Hall–Kier alpha value is -1.57. The Kier molecular flexibility index (Phi) is 3.76. The van der Waals surface area contributed by atoms with Gasteiger partial charge in [-0.15, -0.1) is 0 Å². The van der Waals surface area contributed by atoms with Crippen LogP contribution >= 0.6 is 0 Å². The van der Waals surface area contributed by atoms with E-state index in [0.29, 0.717) is 0 Å². The molecule has 0 saturated carbocycles. The lowest BCUT2D eigenvalue weighted by Gasteiger charge is -1.96. The first-order chi connectivity index (χ1) is 7.88. The summed E-state index contributed by atoms with van der Waals surface area (Å²) in [5.41, 5.74) is 1.35. The van der Waals surface area contributed by atoms with E-state index in [2.05, 4.69) is 65.1 Å². The number of hydrogen-bond acceptors (Lipinski definition) is 0. The van der Waals surface area contributed by atoms with Crippen LogP contribution in [0.1, 0.15) is 25.3 Å². The lowest BCUT2D eigenvalue weighted by atomic mass is 10.2. The zero-order valence-electron chi connectivity index (χ0n) is 9.84. The van der Waals surface area contributed by atoms with E-state index in [4.69, 9.17) is 0 Å². The van der Waals surface area contributed by atoms with E-state index in [1.807, 2.05) is 0 Å². The fraction of sp³-hybridized carbons (Fsp3) is 0.357. The Bertz CT molecular complexity index is 417. The number of nitrogens with zero attached hydrogens (tertiary/aromatic N) is 2. The first-order valence-electron chi connectivity index (χ1n) is 5.97. The first-order valence-corrected chi connectivity index (χ1v) is 5.97. The first kappa shape index (κ1) is 10.9. The molecule has 2 rings (SSSR count). The van der Waals surface area contributed by atoms with Gasteiger partial charge in [-0.3, -0.25) is 0 Å². The fourth-order valence-corrected chi connectivity index (χ4v) is 1.80. The predicted octanol–water partition coefficient (Wildman–Crippen LogP) is 2.62. The van der Waals surface area contributed by atoms with Gasteiger partial charge in [0.1, 0.15) is 18.9 Å². The number of imidazole rings is 1. The van der Waals surface area contributed by atoms with Gasteiger partial charge < -0.3 is 0 Å². The minimum atomic E-state index is 0.958. The molecule has 0 amide bonds. The zero-order chi connectivity index (χ0) is 11.2. The van der Waals surface area contributed by atoms with Gasteiger partial charge in [0, 0.05) is 0 Å². The second-order valence-corrected chi connectivity index (χ2v) is 4.16. The maximum absolute atomic E-state index is 2.26. The van der Waals surface area contributed by atoms with Gasteiger partial charge >= 0.3 is 0 Å². The van der Waals surface area contributed by atoms with Crippen LogP contribution in [0.15, 0.2) is 49.1 Å². The Morgan fingerprint density at radius 3 is 2.75 bits per heavy atom. The third kappa shape index (κ3) is 2.96. The van der Waals surface area contributed by atoms with Crippen LogP contribution in [0.4, 0.5) is 0 Å². The maximum Gasteiger partial charge on any atom is 0.244 e. The average Bonchev–Trinajstić information content (AvgIpc) is 2.75. The van der Waals surface area contributed by atoms with Crippen LogP contribution in [-0.4, -0.2) is 4.57 Å². The summed E-state index contributed by atoms with van der Waals surface area (Å²) in [5, 5.41) is 0. The van der Waals surface area contributed by atoms with Crippen LogP contribution in [0.5, 0.6) is 0 Å². The molecule has 1 heterocycles. The van der Waals surface area contributed by atoms with Gasteiger partial charge in [-0.25, -0.2) is 9.13 Å². The zero-order valence-corrected chi connectivity index (χ0v) is 9.84. The van der Waals surface area contributed by atoms with Crippen molar-refractivity contribution in [3.8, 4) is 0 Å². The number of aryl methyl sites for hydroxylation is 1. The van der Waals surface area contributed by atoms with E-state index in [9.17, 15) is 0 Å². The molecule has 0 aliphatic heterocycles. The van der Waals surface area contributed by atoms with Crippen molar-refractivity contribution in [2.75, 3.05) is 0 Å². The minimum absolute atomic E-state index is 0.958. The van der Waals surface area contributed by atoms with Crippen LogP contribution in [0.2, 0.25) is 0 Å². The Morgan fingerprint density at radius 2 is 2.00 bits per heavy atom. The molecule has 1 aromatic carbocycles. The molecule has 1 aromatic heterocycles. The van der Waals surface area contributed by atoms with Gasteiger partial charge in [-0.2, -0.15) is 0 Å². The minimum Gasteiger partial charge on any atom is -0.237 e. The van der Waals surface area contributed by atoms with Crippen molar-refractivity contribution in [3.63, 3.8) is 0 Å². The molecule has 84 valence electrons. The quantitative estimate of drug-likeness (QED) is 0.678. The van der Waals surface area contributed by atoms with Crippen molar-refractivity contribution < 1.29 is 4.57 Å². The molecule has 0 radical (unpaired) electrons. The van der Waals surface area contributed by atoms with E-state index in [0.717, 1.165) is 13.1 Å². The highest BCUT2D eigenvalue weighted by Crippen LogP contribution is 1.98. The van der Waals surface area contributed by atoms with Crippen molar-refractivity contribution in [1.82, 2.24) is 4.57 Å². The van der Waals surface area contributed by atoms with Gasteiger partial charge in [0.05, 0.1) is 6.54 Å². The summed E-state index contributed by atoms with van der Waals surface area (Å²) in [5.74, 6) is 0. The summed E-state index contributed by atoms with van der Waals surface area (Å²) in [4.78, 5) is 0. The average molecular weight is 215 g/mol. The number of hydrogen-bond donors (Lipinski definition) is 0. The monoisotopic (exact) mass is 215 g/mol. The van der Waals surface area contributed by atoms with Crippen LogP contribution in [0, 0.1) is 0 Å². The topological polar surface area (TPSA) is 8.81 Å². The van der Waals surface area contributed by atoms with Crippen molar-refractivity contribution in [2.24, 2.45) is 0 Å². The van der Waals surface area contributed by atoms with Gasteiger partial charge in [0.15, 0.2) is 0 Å². The normalized spacial score (nSPS) is 10.6. The summed E-state index contributed by atoms with van der Waals surface area (Å²) >= 11 is 0. The Labute approximate surface area is 97.2 Å². The molecule has 2 heteroatoms. The standard InChI is InChI=1S/C14H19N2/c1-2-3-9-15-10-11-16(13-15)12-14-7-5-4-6-8-14/h4-8,10-11,13H,2-3,9,12H2,1H3/q+1. The summed E-state index contributed by atoms with van der Waals surface area (Å²) in [6, 6.07) is 10.6. The Morgan fingerprint density at radius 1 is 1.19 bits per heavy atom. The third-order valence-electron chi connectivity index (χ3n) is 2.72. The van der Waals surface area contributed by atoms with E-state index in [1.165, 1.54) is 18.4 Å². The van der Waals surface area contributed by atoms with Crippen LogP contribution < -0.4 is 4.57 Å². The summed E-state index contributed by atoms with van der Waals surface area (Å²) in [7, 11) is 0. The van der Waals surface area contributed by atoms with Crippen molar-refractivity contribution in [3.05, 3.63) is 54.6 Å². The summed E-state index contributed by atoms with van der Waals surface area (Å²) in [6.45, 7) is 4.31. The fourth-order valence-electron chi connectivity index (χ4n) is 1.80. The van der Waals surface area contributed by atoms with E-state index in [1.54, 1.807) is 0 Å². The number of unbranched alkanes of at least 4 members (excludes halogenated alkanes) is 1. The van der Waals surface area contributed by atoms with Crippen LogP contribution in [-0.2, 0) is 13.1 Å². The molecular formula is C14H19N2+. The van der Waals surface area contributed by atoms with Gasteiger partial charge in [0.2, 0.25) is 6.33 Å². The third-order valence-corrected chi connectivity index (χ3v) is 2.72. The number of aromatic nitrogens is 2. The molecule has 0 bridgehead atoms. The van der Waals surface area contributed by atoms with Gasteiger partial charge in [0.25, 0.3) is 0 Å². The largest absolute Gasteiger partial charge is 0.244 e. The Balaban J connectivity index is 1.97. The number of benzene rings is 1. The molecule has 0 atom stereocenters. The summed E-state index contributed by atoms with van der Waals surface area (Å²) in [6.07, 6.45) is 8.97. The molecule has 0 unspecified atom stereocenters. The molecular weight excluding hydrogens is 196 g/mol. The molecule has 0 aliphatic carbocycles. The molecule has 16 heavy (non-hydrogen) atoms. The molecule has 0 aliphatic rings. The molecule has 0 spiro atoms. The van der Waals surface area contributed by atoms with Crippen molar-refractivity contribution in [1.29, 1.82) is 0 Å². The highest BCUT2D eigenvalue weighted by molar-refractivity contribution is 5.13. The van der Waals surface area contributed by atoms with Crippen molar-refractivity contribution in [2.45, 2.75) is 32.9 Å². The molecule has 0 saturated heterocycles. The highest BCUT2D eigenvalue weighted by atomic mass is 15.1. The van der Waals surface area contributed by atoms with Gasteiger partial charge in [-0.05, 0) is 12.0 Å². The SMILES string of the molecule is CCCCn1cc[n+](Cc2ccccc2)c1. The second kappa shape index (κ2) is 5.50. The van der Waals surface area contributed by atoms with E-state index in [-0.39, 0.29) is 0 Å². The summed E-state index contributed by atoms with van der Waals surface area (Å²) < 4.78 is 4.48. The molecule has 0 fully saturated rings. The van der Waals surface area contributed by atoms with Crippen LogP contribution in [0.3, 0.4) is 0 Å². The number of rotatable bonds is 5. The van der Waals surface area contributed by atoms with E-state index >= 15 is 0 Å². The predicted molar refractivity (Wildman–Crippen MR) is 65.1 cm³/mol.